The van der Waals surface area contributed by atoms with Crippen molar-refractivity contribution >= 4 is 23.5 Å². The molecule has 1 amide bonds. The molecule has 0 aromatic heterocycles. The fourth-order valence-electron chi connectivity index (χ4n) is 1.66. The van der Waals surface area contributed by atoms with Gasteiger partial charge in [0.15, 0.2) is 0 Å². The van der Waals surface area contributed by atoms with E-state index in [0.29, 0.717) is 5.56 Å². The highest BCUT2D eigenvalue weighted by Crippen LogP contribution is 2.18. The van der Waals surface area contributed by atoms with Gasteiger partial charge in [-0.2, -0.15) is 5.10 Å². The topological polar surface area (TPSA) is 131 Å². The number of nitro groups is 1. The molecule has 0 spiro atoms. The fourth-order valence-corrected chi connectivity index (χ4v) is 1.66. The molecule has 0 saturated carbocycles. The van der Waals surface area contributed by atoms with Crippen LogP contribution in [0.3, 0.4) is 0 Å². The van der Waals surface area contributed by atoms with Crippen molar-refractivity contribution in [2.45, 2.75) is 0 Å². The molecule has 2 aromatic rings. The third-order valence-corrected chi connectivity index (χ3v) is 2.69. The van der Waals surface area contributed by atoms with Gasteiger partial charge >= 0.3 is 0 Å². The summed E-state index contributed by atoms with van der Waals surface area (Å²) in [5.74, 6) is -0.501. The number of amides is 1. The van der Waals surface area contributed by atoms with E-state index in [0.717, 1.165) is 12.1 Å². The lowest BCUT2D eigenvalue weighted by atomic mass is 10.1. The summed E-state index contributed by atoms with van der Waals surface area (Å²) in [6.45, 7) is 0. The first kappa shape index (κ1) is 15.0. The molecule has 0 aliphatic heterocycles. The number of nitro benzene ring substituents is 1. The van der Waals surface area contributed by atoms with Crippen LogP contribution in [0.1, 0.15) is 15.9 Å². The van der Waals surface area contributed by atoms with E-state index < -0.39 is 10.8 Å². The summed E-state index contributed by atoms with van der Waals surface area (Å²) in [4.78, 5) is 22.0. The molecule has 8 heteroatoms. The van der Waals surface area contributed by atoms with Gasteiger partial charge in [-0.25, -0.2) is 5.43 Å². The predicted molar refractivity (Wildman–Crippen MR) is 80.7 cm³/mol. The number of phenols is 1. The standard InChI is InChI=1S/C14H12N4O4/c15-11-5-10(6-12(7-11)18(21)22)14(20)17-16-8-9-1-3-13(19)4-2-9/h1-8,19H,15H2,(H,17,20)/b16-8+. The summed E-state index contributed by atoms with van der Waals surface area (Å²) < 4.78 is 0. The van der Waals surface area contributed by atoms with E-state index in [4.69, 9.17) is 10.8 Å². The lowest BCUT2D eigenvalue weighted by Crippen LogP contribution is -2.18. The molecule has 0 unspecified atom stereocenters. The summed E-state index contributed by atoms with van der Waals surface area (Å²) >= 11 is 0. The van der Waals surface area contributed by atoms with Gasteiger partial charge in [-0.05, 0) is 35.9 Å². The molecular weight excluding hydrogens is 288 g/mol. The SMILES string of the molecule is Nc1cc(C(=O)N/N=C/c2ccc(O)cc2)cc([N+](=O)[O-])c1. The van der Waals surface area contributed by atoms with Gasteiger partial charge in [-0.15, -0.1) is 0 Å². The van der Waals surface area contributed by atoms with Crippen LogP contribution in [-0.2, 0) is 0 Å². The minimum absolute atomic E-state index is 0.0366. The van der Waals surface area contributed by atoms with Crippen molar-refractivity contribution < 1.29 is 14.8 Å². The number of nitrogen functional groups attached to an aromatic ring is 1. The third-order valence-electron chi connectivity index (χ3n) is 2.69. The Bertz CT molecular complexity index is 741. The van der Waals surface area contributed by atoms with E-state index in [2.05, 4.69) is 10.5 Å². The van der Waals surface area contributed by atoms with Gasteiger partial charge < -0.3 is 10.8 Å². The first-order valence-corrected chi connectivity index (χ1v) is 6.13. The van der Waals surface area contributed by atoms with Crippen molar-refractivity contribution in [3.63, 3.8) is 0 Å². The molecule has 4 N–H and O–H groups in total. The first-order valence-electron chi connectivity index (χ1n) is 6.13. The Balaban J connectivity index is 2.09. The van der Waals surface area contributed by atoms with E-state index >= 15 is 0 Å². The molecule has 0 atom stereocenters. The molecular formula is C14H12N4O4. The number of hydrazone groups is 1. The molecule has 0 radical (unpaired) electrons. The van der Waals surface area contributed by atoms with Crippen LogP contribution in [0, 0.1) is 10.1 Å². The average molecular weight is 300 g/mol. The zero-order valence-corrected chi connectivity index (χ0v) is 11.3. The maximum atomic E-state index is 11.9. The van der Waals surface area contributed by atoms with E-state index in [1.54, 1.807) is 12.1 Å². The summed E-state index contributed by atoms with van der Waals surface area (Å²) in [6.07, 6.45) is 1.37. The number of benzene rings is 2. The molecule has 0 aliphatic carbocycles. The molecule has 0 heterocycles. The molecule has 0 aliphatic rings. The molecule has 8 nitrogen and oxygen atoms in total. The average Bonchev–Trinajstić information content (AvgIpc) is 2.48. The Morgan fingerprint density at radius 1 is 1.27 bits per heavy atom. The quantitative estimate of drug-likeness (QED) is 0.342. The monoisotopic (exact) mass is 300 g/mol. The van der Waals surface area contributed by atoms with E-state index in [9.17, 15) is 14.9 Å². The van der Waals surface area contributed by atoms with Gasteiger partial charge in [-0.1, -0.05) is 0 Å². The second kappa shape index (κ2) is 6.35. The van der Waals surface area contributed by atoms with Crippen LogP contribution in [-0.4, -0.2) is 22.2 Å². The summed E-state index contributed by atoms with van der Waals surface area (Å²) in [7, 11) is 0. The number of carbonyl (C=O) groups excluding carboxylic acids is 1. The van der Waals surface area contributed by atoms with E-state index in [-0.39, 0.29) is 22.7 Å². The Hall–Kier alpha value is -3.42. The van der Waals surface area contributed by atoms with Crippen molar-refractivity contribution in [1.29, 1.82) is 0 Å². The second-order valence-corrected chi connectivity index (χ2v) is 4.36. The normalized spacial score (nSPS) is 10.5. The van der Waals surface area contributed by atoms with Crippen molar-refractivity contribution in [3.05, 3.63) is 63.7 Å². The van der Waals surface area contributed by atoms with Gasteiger partial charge in [0.2, 0.25) is 0 Å². The van der Waals surface area contributed by atoms with Gasteiger partial charge in [0.1, 0.15) is 5.75 Å². The number of hydrogen-bond acceptors (Lipinski definition) is 6. The minimum Gasteiger partial charge on any atom is -0.508 e. The lowest BCUT2D eigenvalue weighted by Gasteiger charge is -2.02. The maximum Gasteiger partial charge on any atom is 0.272 e. The number of hydrogen-bond donors (Lipinski definition) is 3. The van der Waals surface area contributed by atoms with Crippen LogP contribution in [0.5, 0.6) is 5.75 Å². The highest BCUT2D eigenvalue weighted by molar-refractivity contribution is 5.96. The number of aromatic hydroxyl groups is 1. The first-order chi connectivity index (χ1) is 10.5. The highest BCUT2D eigenvalue weighted by atomic mass is 16.6. The largest absolute Gasteiger partial charge is 0.508 e. The number of nitrogens with two attached hydrogens (primary N) is 1. The molecule has 22 heavy (non-hydrogen) atoms. The van der Waals surface area contributed by atoms with Crippen molar-refractivity contribution in [1.82, 2.24) is 5.43 Å². The predicted octanol–water partition coefficient (Wildman–Crippen LogP) is 1.65. The lowest BCUT2D eigenvalue weighted by molar-refractivity contribution is -0.384. The zero-order valence-electron chi connectivity index (χ0n) is 11.3. The molecule has 0 saturated heterocycles. The van der Waals surface area contributed by atoms with Gasteiger partial charge in [0.05, 0.1) is 16.7 Å². The zero-order chi connectivity index (χ0) is 16.1. The maximum absolute atomic E-state index is 11.9. The summed E-state index contributed by atoms with van der Waals surface area (Å²) in [6, 6.07) is 9.76. The van der Waals surface area contributed by atoms with Crippen LogP contribution in [0.4, 0.5) is 11.4 Å². The van der Waals surface area contributed by atoms with Crippen LogP contribution < -0.4 is 11.2 Å². The van der Waals surface area contributed by atoms with Gasteiger partial charge in [-0.3, -0.25) is 14.9 Å². The number of carbonyl (C=O) groups is 1. The minimum atomic E-state index is -0.632. The van der Waals surface area contributed by atoms with Gasteiger partial charge in [0.25, 0.3) is 11.6 Å². The highest BCUT2D eigenvalue weighted by Gasteiger charge is 2.13. The number of nitrogens with zero attached hydrogens (tertiary/aromatic N) is 2. The molecule has 2 rings (SSSR count). The van der Waals surface area contributed by atoms with Crippen molar-refractivity contribution in [2.24, 2.45) is 5.10 Å². The second-order valence-electron chi connectivity index (χ2n) is 4.36. The number of rotatable bonds is 4. The Labute approximate surface area is 125 Å². The van der Waals surface area contributed by atoms with Gasteiger partial charge in [0, 0.05) is 17.8 Å². The summed E-state index contributed by atoms with van der Waals surface area (Å²) in [5.41, 5.74) is 8.31. The van der Waals surface area contributed by atoms with Crippen molar-refractivity contribution in [2.75, 3.05) is 5.73 Å². The Kier molecular flexibility index (Phi) is 4.33. The van der Waals surface area contributed by atoms with Crippen LogP contribution in [0.15, 0.2) is 47.6 Å². The van der Waals surface area contributed by atoms with Crippen LogP contribution >= 0.6 is 0 Å². The fraction of sp³-hybridized carbons (Fsp3) is 0. The number of non-ortho nitro benzene ring substituents is 1. The number of nitrogens with one attached hydrogen (secondary N) is 1. The van der Waals surface area contributed by atoms with E-state index in [1.165, 1.54) is 24.4 Å². The molecule has 0 fully saturated rings. The molecule has 0 bridgehead atoms. The van der Waals surface area contributed by atoms with E-state index in [1.807, 2.05) is 0 Å². The van der Waals surface area contributed by atoms with Crippen LogP contribution in [0.2, 0.25) is 0 Å². The summed E-state index contributed by atoms with van der Waals surface area (Å²) in [5, 5.41) is 23.6. The molecule has 2 aromatic carbocycles. The van der Waals surface area contributed by atoms with Crippen LogP contribution in [0.25, 0.3) is 0 Å². The Morgan fingerprint density at radius 2 is 1.95 bits per heavy atom. The number of phenolic OH excluding ortho intramolecular Hbond substituents is 1. The smallest absolute Gasteiger partial charge is 0.272 e. The van der Waals surface area contributed by atoms with Crippen molar-refractivity contribution in [3.8, 4) is 5.75 Å². The number of anilines is 1. The third kappa shape index (κ3) is 3.79. The molecule has 112 valence electrons. The Morgan fingerprint density at radius 3 is 2.59 bits per heavy atom.